The van der Waals surface area contributed by atoms with Crippen molar-refractivity contribution in [1.82, 2.24) is 10.6 Å². The quantitative estimate of drug-likeness (QED) is 0.418. The zero-order valence-electron chi connectivity index (χ0n) is 15.0. The molecule has 0 saturated heterocycles. The molecule has 2 rings (SSSR count). The summed E-state index contributed by atoms with van der Waals surface area (Å²) >= 11 is 0. The highest BCUT2D eigenvalue weighted by molar-refractivity contribution is 5.79. The van der Waals surface area contributed by atoms with Crippen LogP contribution < -0.4 is 20.1 Å². The third kappa shape index (κ3) is 7.16. The summed E-state index contributed by atoms with van der Waals surface area (Å²) in [5.41, 5.74) is 1.15. The Morgan fingerprint density at radius 2 is 1.76 bits per heavy atom. The number of guanidine groups is 1. The number of nitrogens with one attached hydrogen (secondary N) is 2. The molecule has 2 aromatic rings. The van der Waals surface area contributed by atoms with Gasteiger partial charge in [0.15, 0.2) is 5.96 Å². The van der Waals surface area contributed by atoms with Gasteiger partial charge in [-0.05, 0) is 43.2 Å². The van der Waals surface area contributed by atoms with E-state index >= 15 is 0 Å². The molecule has 0 bridgehead atoms. The summed E-state index contributed by atoms with van der Waals surface area (Å²) in [4.78, 5) is 4.24. The average Bonchev–Trinajstić information content (AvgIpc) is 2.65. The zero-order valence-corrected chi connectivity index (χ0v) is 15.0. The monoisotopic (exact) mass is 341 g/mol. The maximum atomic E-state index is 5.67. The minimum absolute atomic E-state index is 0.671. The number of hydrogen-bond acceptors (Lipinski definition) is 3. The lowest BCUT2D eigenvalue weighted by Crippen LogP contribution is -2.37. The van der Waals surface area contributed by atoms with Crippen molar-refractivity contribution >= 4 is 5.96 Å². The molecule has 0 spiro atoms. The predicted octanol–water partition coefficient (Wildman–Crippen LogP) is 3.22. The molecule has 0 saturated carbocycles. The number of rotatable bonds is 9. The summed E-state index contributed by atoms with van der Waals surface area (Å²) in [7, 11) is 1.77. The van der Waals surface area contributed by atoms with Crippen LogP contribution in [0.15, 0.2) is 59.6 Å². The summed E-state index contributed by atoms with van der Waals surface area (Å²) in [5, 5.41) is 6.60. The summed E-state index contributed by atoms with van der Waals surface area (Å²) < 4.78 is 11.2. The van der Waals surface area contributed by atoms with Crippen LogP contribution in [0, 0.1) is 0 Å². The first-order valence-electron chi connectivity index (χ1n) is 8.66. The molecule has 25 heavy (non-hydrogen) atoms. The fourth-order valence-corrected chi connectivity index (χ4v) is 2.30. The molecule has 0 amide bonds. The summed E-state index contributed by atoms with van der Waals surface area (Å²) in [6.45, 7) is 4.82. The number of para-hydroxylation sites is 1. The van der Waals surface area contributed by atoms with Crippen LogP contribution in [-0.2, 0) is 6.54 Å². The van der Waals surface area contributed by atoms with Crippen LogP contribution in [0.1, 0.15) is 18.9 Å². The van der Waals surface area contributed by atoms with Crippen molar-refractivity contribution in [1.29, 1.82) is 0 Å². The van der Waals surface area contributed by atoms with E-state index in [2.05, 4.69) is 21.7 Å². The molecule has 2 N–H and O–H groups in total. The first kappa shape index (κ1) is 18.6. The molecule has 0 atom stereocenters. The van der Waals surface area contributed by atoms with Gasteiger partial charge in [-0.3, -0.25) is 4.99 Å². The lowest BCUT2D eigenvalue weighted by molar-refractivity contribution is 0.311. The van der Waals surface area contributed by atoms with E-state index in [0.29, 0.717) is 19.8 Å². The van der Waals surface area contributed by atoms with Crippen molar-refractivity contribution < 1.29 is 9.47 Å². The van der Waals surface area contributed by atoms with Gasteiger partial charge in [-0.1, -0.05) is 30.3 Å². The Morgan fingerprint density at radius 3 is 2.52 bits per heavy atom. The third-order valence-corrected chi connectivity index (χ3v) is 3.52. The molecule has 0 radical (unpaired) electrons. The SMILES string of the molecule is CCOc1cccc(CNC(=NC)NCCCOc2ccccc2)c1. The zero-order chi connectivity index (χ0) is 17.7. The molecule has 0 unspecified atom stereocenters. The summed E-state index contributed by atoms with van der Waals surface area (Å²) in [5.74, 6) is 2.57. The molecule has 5 nitrogen and oxygen atoms in total. The van der Waals surface area contributed by atoms with Crippen LogP contribution >= 0.6 is 0 Å². The Bertz CT molecular complexity index is 644. The smallest absolute Gasteiger partial charge is 0.191 e. The highest BCUT2D eigenvalue weighted by Gasteiger charge is 2.00. The molecule has 0 fully saturated rings. The van der Waals surface area contributed by atoms with Crippen molar-refractivity contribution in [3.05, 3.63) is 60.2 Å². The molecule has 0 heterocycles. The minimum atomic E-state index is 0.671. The van der Waals surface area contributed by atoms with Crippen molar-refractivity contribution in [3.8, 4) is 11.5 Å². The van der Waals surface area contributed by atoms with E-state index in [1.165, 1.54) is 0 Å². The van der Waals surface area contributed by atoms with Gasteiger partial charge in [0.2, 0.25) is 0 Å². The Morgan fingerprint density at radius 1 is 0.960 bits per heavy atom. The second-order valence-corrected chi connectivity index (χ2v) is 5.45. The predicted molar refractivity (Wildman–Crippen MR) is 102 cm³/mol. The lowest BCUT2D eigenvalue weighted by Gasteiger charge is -2.13. The highest BCUT2D eigenvalue weighted by Crippen LogP contribution is 2.13. The van der Waals surface area contributed by atoms with E-state index in [1.54, 1.807) is 7.05 Å². The maximum Gasteiger partial charge on any atom is 0.191 e. The van der Waals surface area contributed by atoms with E-state index in [9.17, 15) is 0 Å². The number of ether oxygens (including phenoxy) is 2. The number of benzene rings is 2. The first-order valence-corrected chi connectivity index (χ1v) is 8.66. The van der Waals surface area contributed by atoms with Crippen LogP contribution in [0.2, 0.25) is 0 Å². The highest BCUT2D eigenvalue weighted by atomic mass is 16.5. The van der Waals surface area contributed by atoms with Gasteiger partial charge >= 0.3 is 0 Å². The standard InChI is InChI=1S/C20H27N3O2/c1-3-24-19-12-7-9-17(15-19)16-23-20(21-2)22-13-8-14-25-18-10-5-4-6-11-18/h4-7,9-12,15H,3,8,13-14,16H2,1-2H3,(H2,21,22,23). The maximum absolute atomic E-state index is 5.67. The first-order chi connectivity index (χ1) is 12.3. The van der Waals surface area contributed by atoms with E-state index in [1.807, 2.05) is 55.5 Å². The second kappa shape index (κ2) is 11.0. The van der Waals surface area contributed by atoms with Crippen LogP contribution in [0.3, 0.4) is 0 Å². The van der Waals surface area contributed by atoms with Crippen LogP contribution in [0.25, 0.3) is 0 Å². The Hall–Kier alpha value is -2.69. The van der Waals surface area contributed by atoms with E-state index in [-0.39, 0.29) is 0 Å². The Balaban J connectivity index is 1.66. The van der Waals surface area contributed by atoms with E-state index in [4.69, 9.17) is 9.47 Å². The summed E-state index contributed by atoms with van der Waals surface area (Å²) in [6.07, 6.45) is 0.898. The molecule has 0 aliphatic carbocycles. The van der Waals surface area contributed by atoms with Gasteiger partial charge in [0.25, 0.3) is 0 Å². The van der Waals surface area contributed by atoms with Gasteiger partial charge in [0.05, 0.1) is 13.2 Å². The second-order valence-electron chi connectivity index (χ2n) is 5.45. The third-order valence-electron chi connectivity index (χ3n) is 3.52. The normalized spacial score (nSPS) is 11.0. The van der Waals surface area contributed by atoms with Crippen LogP contribution in [0.5, 0.6) is 11.5 Å². The molecule has 134 valence electrons. The Labute approximate surface area is 150 Å². The van der Waals surface area contributed by atoms with E-state index < -0.39 is 0 Å². The fourth-order valence-electron chi connectivity index (χ4n) is 2.30. The topological polar surface area (TPSA) is 54.9 Å². The van der Waals surface area contributed by atoms with Crippen molar-refractivity contribution in [2.75, 3.05) is 26.8 Å². The molecule has 2 aromatic carbocycles. The number of aliphatic imine (C=N–C) groups is 1. The minimum Gasteiger partial charge on any atom is -0.494 e. The van der Waals surface area contributed by atoms with Crippen LogP contribution in [-0.4, -0.2) is 32.8 Å². The lowest BCUT2D eigenvalue weighted by atomic mass is 10.2. The molecule has 0 aliphatic heterocycles. The molecule has 0 aromatic heterocycles. The fraction of sp³-hybridized carbons (Fsp3) is 0.350. The number of hydrogen-bond donors (Lipinski definition) is 2. The largest absolute Gasteiger partial charge is 0.494 e. The van der Waals surface area contributed by atoms with Crippen molar-refractivity contribution in [3.63, 3.8) is 0 Å². The van der Waals surface area contributed by atoms with Crippen molar-refractivity contribution in [2.24, 2.45) is 4.99 Å². The molecule has 5 heteroatoms. The van der Waals surface area contributed by atoms with Gasteiger partial charge in [0, 0.05) is 20.1 Å². The van der Waals surface area contributed by atoms with Gasteiger partial charge in [-0.15, -0.1) is 0 Å². The van der Waals surface area contributed by atoms with Crippen molar-refractivity contribution in [2.45, 2.75) is 19.9 Å². The van der Waals surface area contributed by atoms with E-state index in [0.717, 1.165) is 36.0 Å². The van der Waals surface area contributed by atoms with Gasteiger partial charge in [0.1, 0.15) is 11.5 Å². The Kier molecular flexibility index (Phi) is 8.18. The summed E-state index contributed by atoms with van der Waals surface area (Å²) in [6, 6.07) is 17.9. The van der Waals surface area contributed by atoms with Gasteiger partial charge in [-0.25, -0.2) is 0 Å². The number of nitrogens with zero attached hydrogens (tertiary/aromatic N) is 1. The van der Waals surface area contributed by atoms with Gasteiger partial charge in [-0.2, -0.15) is 0 Å². The molecule has 0 aliphatic rings. The molecular weight excluding hydrogens is 314 g/mol. The average molecular weight is 341 g/mol. The molecular formula is C20H27N3O2. The van der Waals surface area contributed by atoms with Gasteiger partial charge < -0.3 is 20.1 Å². The van der Waals surface area contributed by atoms with Crippen LogP contribution in [0.4, 0.5) is 0 Å².